The molecule has 2 fully saturated rings. The van der Waals surface area contributed by atoms with Crippen LogP contribution in [0.3, 0.4) is 0 Å². The van der Waals surface area contributed by atoms with Crippen molar-refractivity contribution in [3.8, 4) is 0 Å². The molecule has 1 aliphatic carbocycles. The SMILES string of the molecule is CCNC(=NCC1(CCOC)CCC1)NCC1CN(C)CCO1. The molecule has 1 heterocycles. The summed E-state index contributed by atoms with van der Waals surface area (Å²) in [6, 6.07) is 0. The molecule has 1 aliphatic heterocycles. The average Bonchev–Trinajstić information content (AvgIpc) is 2.51. The molecular weight excluding hydrogens is 292 g/mol. The Morgan fingerprint density at radius 3 is 2.83 bits per heavy atom. The van der Waals surface area contributed by atoms with Gasteiger partial charge >= 0.3 is 0 Å². The zero-order chi connectivity index (χ0) is 16.5. The standard InChI is InChI=1S/C17H34N4O2/c1-4-18-16(19-12-15-13-21(2)9-11-23-15)20-14-17(6-5-7-17)8-10-22-3/h15H,4-14H2,1-3H3,(H2,18,19,20). The second-order valence-electron chi connectivity index (χ2n) is 6.93. The van der Waals surface area contributed by atoms with E-state index in [0.29, 0.717) is 5.41 Å². The maximum atomic E-state index is 5.80. The van der Waals surface area contributed by atoms with Gasteiger partial charge in [-0.05, 0) is 38.6 Å². The number of likely N-dealkylation sites (N-methyl/N-ethyl adjacent to an activating group) is 1. The minimum absolute atomic E-state index is 0.240. The van der Waals surface area contributed by atoms with Crippen LogP contribution in [0.2, 0.25) is 0 Å². The van der Waals surface area contributed by atoms with Crippen LogP contribution in [0.25, 0.3) is 0 Å². The summed E-state index contributed by atoms with van der Waals surface area (Å²) in [5, 5.41) is 6.79. The highest BCUT2D eigenvalue weighted by molar-refractivity contribution is 5.79. The number of morpholine rings is 1. The van der Waals surface area contributed by atoms with Crippen LogP contribution in [0.5, 0.6) is 0 Å². The predicted octanol–water partition coefficient (Wildman–Crippen LogP) is 1.08. The monoisotopic (exact) mass is 326 g/mol. The van der Waals surface area contributed by atoms with E-state index in [4.69, 9.17) is 14.5 Å². The summed E-state index contributed by atoms with van der Waals surface area (Å²) >= 11 is 0. The van der Waals surface area contributed by atoms with Crippen molar-refractivity contribution in [2.45, 2.75) is 38.7 Å². The molecule has 0 amide bonds. The lowest BCUT2D eigenvalue weighted by Crippen LogP contribution is -2.48. The molecule has 1 saturated heterocycles. The normalized spacial score (nSPS) is 25.0. The summed E-state index contributed by atoms with van der Waals surface area (Å²) in [6.07, 6.45) is 5.23. The van der Waals surface area contributed by atoms with Crippen molar-refractivity contribution in [3.05, 3.63) is 0 Å². The van der Waals surface area contributed by atoms with Crippen molar-refractivity contribution in [3.63, 3.8) is 0 Å². The van der Waals surface area contributed by atoms with E-state index in [0.717, 1.165) is 58.3 Å². The summed E-state index contributed by atoms with van der Waals surface area (Å²) in [6.45, 7) is 8.32. The van der Waals surface area contributed by atoms with Gasteiger partial charge in [0, 0.05) is 46.4 Å². The lowest BCUT2D eigenvalue weighted by atomic mass is 9.67. The lowest BCUT2D eigenvalue weighted by Gasteiger charge is -2.40. The zero-order valence-corrected chi connectivity index (χ0v) is 15.1. The van der Waals surface area contributed by atoms with E-state index in [1.54, 1.807) is 7.11 Å². The molecule has 1 saturated carbocycles. The number of ether oxygens (including phenoxy) is 2. The highest BCUT2D eigenvalue weighted by Gasteiger charge is 2.36. The first kappa shape index (κ1) is 18.5. The Bertz CT molecular complexity index is 372. The van der Waals surface area contributed by atoms with Gasteiger partial charge in [-0.15, -0.1) is 0 Å². The molecule has 6 nitrogen and oxygen atoms in total. The molecule has 1 unspecified atom stereocenters. The number of hydrogen-bond acceptors (Lipinski definition) is 4. The Hall–Kier alpha value is -0.850. The van der Waals surface area contributed by atoms with E-state index < -0.39 is 0 Å². The first-order valence-electron chi connectivity index (χ1n) is 8.99. The smallest absolute Gasteiger partial charge is 0.191 e. The number of hydrogen-bond donors (Lipinski definition) is 2. The third kappa shape index (κ3) is 5.94. The van der Waals surface area contributed by atoms with Gasteiger partial charge in [0.25, 0.3) is 0 Å². The summed E-state index contributed by atoms with van der Waals surface area (Å²) in [5.74, 6) is 0.910. The Balaban J connectivity index is 1.81. The van der Waals surface area contributed by atoms with Crippen molar-refractivity contribution < 1.29 is 9.47 Å². The number of guanidine groups is 1. The van der Waals surface area contributed by atoms with Gasteiger partial charge in [-0.2, -0.15) is 0 Å². The van der Waals surface area contributed by atoms with Gasteiger partial charge in [0.1, 0.15) is 0 Å². The maximum Gasteiger partial charge on any atom is 0.191 e. The van der Waals surface area contributed by atoms with Crippen LogP contribution < -0.4 is 10.6 Å². The van der Waals surface area contributed by atoms with Gasteiger partial charge in [-0.3, -0.25) is 4.99 Å². The summed E-state index contributed by atoms with van der Waals surface area (Å²) in [7, 11) is 3.92. The number of aliphatic imine (C=N–C) groups is 1. The minimum atomic E-state index is 0.240. The van der Waals surface area contributed by atoms with E-state index in [1.165, 1.54) is 19.3 Å². The molecule has 0 radical (unpaired) electrons. The van der Waals surface area contributed by atoms with Gasteiger partial charge in [0.15, 0.2) is 5.96 Å². The highest BCUT2D eigenvalue weighted by atomic mass is 16.5. The third-order valence-electron chi connectivity index (χ3n) is 5.01. The van der Waals surface area contributed by atoms with Gasteiger partial charge in [-0.1, -0.05) is 6.42 Å². The first-order chi connectivity index (χ1) is 11.2. The highest BCUT2D eigenvalue weighted by Crippen LogP contribution is 2.44. The topological polar surface area (TPSA) is 58.1 Å². The van der Waals surface area contributed by atoms with Gasteiger partial charge < -0.3 is 25.0 Å². The summed E-state index contributed by atoms with van der Waals surface area (Å²) < 4.78 is 11.1. The molecule has 0 aromatic heterocycles. The Morgan fingerprint density at radius 2 is 2.22 bits per heavy atom. The van der Waals surface area contributed by atoms with Gasteiger partial charge in [0.2, 0.25) is 0 Å². The third-order valence-corrected chi connectivity index (χ3v) is 5.01. The molecule has 1 atom stereocenters. The van der Waals surface area contributed by atoms with Crippen molar-refractivity contribution in [1.82, 2.24) is 15.5 Å². The Kier molecular flexibility index (Phi) is 7.59. The second-order valence-corrected chi connectivity index (χ2v) is 6.93. The first-order valence-corrected chi connectivity index (χ1v) is 8.99. The van der Waals surface area contributed by atoms with E-state index in [-0.39, 0.29) is 6.10 Å². The lowest BCUT2D eigenvalue weighted by molar-refractivity contribution is -0.0161. The molecule has 0 aromatic rings. The number of nitrogens with one attached hydrogen (secondary N) is 2. The van der Waals surface area contributed by atoms with E-state index in [2.05, 4.69) is 29.5 Å². The number of methoxy groups -OCH3 is 1. The molecule has 0 bridgehead atoms. The fraction of sp³-hybridized carbons (Fsp3) is 0.941. The fourth-order valence-electron chi connectivity index (χ4n) is 3.27. The fourth-order valence-corrected chi connectivity index (χ4v) is 3.27. The quantitative estimate of drug-likeness (QED) is 0.516. The van der Waals surface area contributed by atoms with Crippen LogP contribution in [0.4, 0.5) is 0 Å². The molecule has 2 N–H and O–H groups in total. The average molecular weight is 326 g/mol. The largest absolute Gasteiger partial charge is 0.385 e. The van der Waals surface area contributed by atoms with Crippen LogP contribution in [-0.4, -0.2) is 77.1 Å². The molecule has 0 spiro atoms. The molecular formula is C17H34N4O2. The molecule has 23 heavy (non-hydrogen) atoms. The summed E-state index contributed by atoms with van der Waals surface area (Å²) in [4.78, 5) is 7.15. The van der Waals surface area contributed by atoms with Crippen molar-refractivity contribution in [2.75, 3.05) is 60.1 Å². The zero-order valence-electron chi connectivity index (χ0n) is 15.1. The van der Waals surface area contributed by atoms with Gasteiger partial charge in [0.05, 0.1) is 12.7 Å². The van der Waals surface area contributed by atoms with Crippen LogP contribution in [0.1, 0.15) is 32.6 Å². The van der Waals surface area contributed by atoms with E-state index in [9.17, 15) is 0 Å². The Labute approximate surface area is 141 Å². The maximum absolute atomic E-state index is 5.80. The molecule has 2 aliphatic rings. The van der Waals surface area contributed by atoms with Gasteiger partial charge in [-0.25, -0.2) is 0 Å². The molecule has 2 rings (SSSR count). The molecule has 6 heteroatoms. The van der Waals surface area contributed by atoms with Crippen LogP contribution >= 0.6 is 0 Å². The Morgan fingerprint density at radius 1 is 1.39 bits per heavy atom. The van der Waals surface area contributed by atoms with E-state index in [1.807, 2.05) is 0 Å². The van der Waals surface area contributed by atoms with Crippen LogP contribution in [0, 0.1) is 5.41 Å². The van der Waals surface area contributed by atoms with Crippen molar-refractivity contribution in [2.24, 2.45) is 10.4 Å². The van der Waals surface area contributed by atoms with Crippen LogP contribution in [0.15, 0.2) is 4.99 Å². The summed E-state index contributed by atoms with van der Waals surface area (Å²) in [5.41, 5.74) is 0.361. The van der Waals surface area contributed by atoms with Crippen LogP contribution in [-0.2, 0) is 9.47 Å². The predicted molar refractivity (Wildman–Crippen MR) is 94.0 cm³/mol. The number of rotatable bonds is 8. The second kappa shape index (κ2) is 9.45. The molecule has 134 valence electrons. The van der Waals surface area contributed by atoms with Crippen molar-refractivity contribution in [1.29, 1.82) is 0 Å². The minimum Gasteiger partial charge on any atom is -0.385 e. The van der Waals surface area contributed by atoms with Crippen molar-refractivity contribution >= 4 is 5.96 Å². The molecule has 0 aromatic carbocycles. The van der Waals surface area contributed by atoms with E-state index >= 15 is 0 Å². The number of nitrogens with zero attached hydrogens (tertiary/aromatic N) is 2.